The molecule has 0 saturated carbocycles. The Morgan fingerprint density at radius 3 is 1.91 bits per heavy atom. The second-order valence-corrected chi connectivity index (χ2v) is 16.5. The van der Waals surface area contributed by atoms with E-state index >= 15 is 0 Å². The largest absolute Gasteiger partial charge is 0.147 e. The monoisotopic (exact) mass is 458 g/mol. The minimum atomic E-state index is -0.380. The third kappa shape index (κ3) is 5.60. The van der Waals surface area contributed by atoms with Crippen LogP contribution in [0.1, 0.15) is 53.6 Å². The van der Waals surface area contributed by atoms with Gasteiger partial charge in [-0.2, -0.15) is 0 Å². The van der Waals surface area contributed by atoms with Gasteiger partial charge < -0.3 is 0 Å². The maximum Gasteiger partial charge on any atom is -0.147 e. The van der Waals surface area contributed by atoms with Crippen LogP contribution in [0.2, 0.25) is 0 Å². The van der Waals surface area contributed by atoms with Crippen molar-refractivity contribution in [3.8, 4) is 0 Å². The smallest absolute Gasteiger partial charge is 0.147 e. The van der Waals surface area contributed by atoms with Crippen LogP contribution >= 0.6 is 42.4 Å². The average Bonchev–Trinajstić information content (AvgIpc) is 2.75. The number of hydrogen-bond acceptors (Lipinski definition) is 0. The molecule has 1 aliphatic rings. The number of hydrogen-bond donors (Lipinski definition) is 0. The summed E-state index contributed by atoms with van der Waals surface area (Å²) in [4.78, 5) is 0. The van der Waals surface area contributed by atoms with Gasteiger partial charge in [0.1, 0.15) is 0 Å². The summed E-state index contributed by atoms with van der Waals surface area (Å²) in [6, 6.07) is 4.60. The molecule has 0 nitrogen and oxygen atoms in total. The molecule has 1 aliphatic carbocycles. The zero-order chi connectivity index (χ0) is 14.2. The molecule has 0 amide bonds. The summed E-state index contributed by atoms with van der Waals surface area (Å²) in [7, 11) is 0. The zero-order valence-electron chi connectivity index (χ0n) is 14.2. The number of halogens is 3. The molecular formula is C17H28Cl3PZr. The van der Waals surface area contributed by atoms with E-state index in [-0.39, 0.29) is 65.1 Å². The minimum Gasteiger partial charge on any atom is -0.147 e. The van der Waals surface area contributed by atoms with E-state index in [1.165, 1.54) is 16.7 Å². The Morgan fingerprint density at radius 2 is 1.41 bits per heavy atom. The van der Waals surface area contributed by atoms with E-state index in [0.29, 0.717) is 0 Å². The van der Waals surface area contributed by atoms with Gasteiger partial charge >= 0.3 is 131 Å². The van der Waals surface area contributed by atoms with Gasteiger partial charge in [-0.25, -0.2) is 0 Å². The van der Waals surface area contributed by atoms with Crippen molar-refractivity contribution >= 4 is 48.5 Å². The molecular weight excluding hydrogens is 433 g/mol. The van der Waals surface area contributed by atoms with E-state index in [1.807, 2.05) is 0 Å². The second-order valence-electron chi connectivity index (χ2n) is 6.09. The van der Waals surface area contributed by atoms with Gasteiger partial charge in [0, 0.05) is 0 Å². The number of fused-ring (bicyclic) bond motifs is 1. The normalized spacial score (nSPS) is 15.2. The molecule has 0 N–H and O–H groups in total. The Bertz CT molecular complexity index is 493. The Labute approximate surface area is 167 Å². The predicted octanol–water partition coefficient (Wildman–Crippen LogP) is 6.93. The van der Waals surface area contributed by atoms with Crippen LogP contribution in [0, 0.1) is 13.8 Å². The standard InChI is InChI=1S/C11H11.C6H14P.3ClH.Zr/c1-8-6-7-9(2)11-5-3-4-10(8)11;1-5(2)7-6(3)4;;;;/h3-7H,1-2H3;5-6H,1-4H3;3*1H;/q;-1;;;;+1. The summed E-state index contributed by atoms with van der Waals surface area (Å²) in [5.74, 6) is 0. The second kappa shape index (κ2) is 10.9. The van der Waals surface area contributed by atoms with Crippen molar-refractivity contribution in [1.29, 1.82) is 0 Å². The van der Waals surface area contributed by atoms with Crippen LogP contribution in [-0.4, -0.2) is 11.3 Å². The van der Waals surface area contributed by atoms with Crippen LogP contribution in [0.15, 0.2) is 18.2 Å². The first-order valence-corrected chi connectivity index (χ1v) is 13.4. The molecule has 2 rings (SSSR count). The van der Waals surface area contributed by atoms with Gasteiger partial charge in [0.15, 0.2) is 0 Å². The van der Waals surface area contributed by atoms with Crippen molar-refractivity contribution in [1.82, 2.24) is 0 Å². The molecule has 0 bridgehead atoms. The molecule has 1 aromatic carbocycles. The quantitative estimate of drug-likeness (QED) is 0.427. The summed E-state index contributed by atoms with van der Waals surface area (Å²) in [5, 5.41) is 0.283. The fourth-order valence-corrected chi connectivity index (χ4v) is 14.8. The van der Waals surface area contributed by atoms with E-state index in [9.17, 15) is 0 Å². The SMILES string of the molecule is Cc1ccc(C)c2c1C=C[CH]2[Zr][P](C(C)C)C(C)C.Cl.Cl.Cl. The summed E-state index contributed by atoms with van der Waals surface area (Å²) in [6.45, 7) is 14.3. The Hall–Kier alpha value is 1.14. The Kier molecular flexibility index (Phi) is 12.6. The minimum absolute atomic E-state index is 0. The van der Waals surface area contributed by atoms with Gasteiger partial charge in [0.2, 0.25) is 0 Å². The van der Waals surface area contributed by atoms with Gasteiger partial charge in [-0.15, -0.1) is 37.2 Å². The van der Waals surface area contributed by atoms with E-state index in [1.54, 1.807) is 5.56 Å². The fraction of sp³-hybridized carbons (Fsp3) is 0.529. The number of rotatable bonds is 4. The van der Waals surface area contributed by atoms with Crippen LogP contribution in [-0.2, 0) is 22.7 Å². The molecule has 0 fully saturated rings. The zero-order valence-corrected chi connectivity index (χ0v) is 20.0. The van der Waals surface area contributed by atoms with Crippen molar-refractivity contribution in [3.05, 3.63) is 40.5 Å². The topological polar surface area (TPSA) is 0 Å². The van der Waals surface area contributed by atoms with E-state index in [4.69, 9.17) is 0 Å². The van der Waals surface area contributed by atoms with Crippen molar-refractivity contribution in [2.24, 2.45) is 0 Å². The molecule has 0 saturated heterocycles. The molecule has 0 aromatic heterocycles. The van der Waals surface area contributed by atoms with Gasteiger partial charge in [0.05, 0.1) is 0 Å². The van der Waals surface area contributed by atoms with E-state index in [0.717, 1.165) is 14.9 Å². The third-order valence-electron chi connectivity index (χ3n) is 3.89. The molecule has 1 unspecified atom stereocenters. The first kappa shape index (κ1) is 25.4. The van der Waals surface area contributed by atoms with Crippen LogP contribution in [0.4, 0.5) is 0 Å². The third-order valence-corrected chi connectivity index (χ3v) is 19.7. The van der Waals surface area contributed by atoms with Gasteiger partial charge in [0.25, 0.3) is 0 Å². The number of allylic oxidation sites excluding steroid dienone is 1. The number of aryl methyl sites for hydroxylation is 2. The molecule has 0 spiro atoms. The predicted molar refractivity (Wildman–Crippen MR) is 107 cm³/mol. The summed E-state index contributed by atoms with van der Waals surface area (Å²) in [5.41, 5.74) is 8.00. The molecule has 5 heteroatoms. The van der Waals surface area contributed by atoms with Crippen LogP contribution in [0.5, 0.6) is 0 Å². The first-order chi connectivity index (χ1) is 8.91. The first-order valence-electron chi connectivity index (χ1n) is 7.24. The number of benzene rings is 1. The van der Waals surface area contributed by atoms with Crippen LogP contribution in [0.3, 0.4) is 0 Å². The Morgan fingerprint density at radius 1 is 0.909 bits per heavy atom. The molecule has 0 aliphatic heterocycles. The maximum absolute atomic E-state index is 2.52. The molecule has 1 aromatic rings. The molecule has 0 heterocycles. The van der Waals surface area contributed by atoms with Crippen molar-refractivity contribution in [3.63, 3.8) is 0 Å². The Balaban J connectivity index is 0. The molecule has 126 valence electrons. The van der Waals surface area contributed by atoms with Gasteiger partial charge in [-0.05, 0) is 0 Å². The van der Waals surface area contributed by atoms with E-state index in [2.05, 4.69) is 65.8 Å². The summed E-state index contributed by atoms with van der Waals surface area (Å²) < 4.78 is 0.828. The maximum atomic E-state index is 2.52. The molecule has 1 atom stereocenters. The van der Waals surface area contributed by atoms with Crippen LogP contribution in [0.25, 0.3) is 6.08 Å². The fourth-order valence-electron chi connectivity index (χ4n) is 2.94. The average molecular weight is 461 g/mol. The van der Waals surface area contributed by atoms with Crippen LogP contribution < -0.4 is 0 Å². The van der Waals surface area contributed by atoms with Crippen molar-refractivity contribution in [2.45, 2.75) is 56.5 Å². The molecule has 0 radical (unpaired) electrons. The molecule has 22 heavy (non-hydrogen) atoms. The van der Waals surface area contributed by atoms with Gasteiger partial charge in [-0.1, -0.05) is 0 Å². The summed E-state index contributed by atoms with van der Waals surface area (Å²) >= 11 is -0.380. The van der Waals surface area contributed by atoms with Crippen molar-refractivity contribution < 1.29 is 22.7 Å². The van der Waals surface area contributed by atoms with Gasteiger partial charge in [-0.3, -0.25) is 0 Å². The van der Waals surface area contributed by atoms with Crippen molar-refractivity contribution in [2.75, 3.05) is 0 Å². The van der Waals surface area contributed by atoms with E-state index < -0.39 is 0 Å². The summed E-state index contributed by atoms with van der Waals surface area (Å²) in [6.07, 6.45) is 4.92.